The van der Waals surface area contributed by atoms with Gasteiger partial charge in [0.05, 0.1) is 17.8 Å². The van der Waals surface area contributed by atoms with Gasteiger partial charge in [0.25, 0.3) is 0 Å². The average molecular weight is 741 g/mol. The van der Waals surface area contributed by atoms with Crippen molar-refractivity contribution in [3.63, 3.8) is 0 Å². The molecule has 0 bridgehead atoms. The van der Waals surface area contributed by atoms with Gasteiger partial charge in [-0.05, 0) is 77.2 Å². The molecule has 4 aromatic rings. The number of rotatable bonds is 4. The molecule has 5 N–H and O–H groups in total. The van der Waals surface area contributed by atoms with Crippen LogP contribution >= 0.6 is 45.8 Å². The molecule has 0 spiro atoms. The molecule has 2 aromatic carbocycles. The van der Waals surface area contributed by atoms with Crippen molar-refractivity contribution in [3.8, 4) is 28.7 Å². The SMILES string of the molecule is CC(C)(C)[O-].COc1c(I)ccnc1Cl.COc1c(Oc2ccc(N)cc2)ccnc1Cl.Nc1ccc(O)cc1.[K+]. The zero-order chi connectivity index (χ0) is 30.3. The molecular formula is C28H32Cl2IKN4O5. The average Bonchev–Trinajstić information content (AvgIpc) is 2.87. The number of ether oxygens (including phenoxy) is 3. The number of pyridine rings is 2. The second-order valence-corrected chi connectivity index (χ2v) is 10.5. The monoisotopic (exact) mass is 740 g/mol. The molecule has 0 amide bonds. The van der Waals surface area contributed by atoms with Crippen molar-refractivity contribution >= 4 is 57.2 Å². The van der Waals surface area contributed by atoms with Crippen LogP contribution in [0.4, 0.5) is 11.4 Å². The number of nitrogen functional groups attached to an aromatic ring is 2. The van der Waals surface area contributed by atoms with Gasteiger partial charge in [-0.15, -0.1) is 5.60 Å². The van der Waals surface area contributed by atoms with Gasteiger partial charge in [-0.25, -0.2) is 9.97 Å². The molecule has 0 saturated carbocycles. The molecule has 0 unspecified atom stereocenters. The van der Waals surface area contributed by atoms with E-state index in [1.54, 1.807) is 94.9 Å². The number of anilines is 2. The number of phenolic OH excluding ortho intramolecular Hbond substituents is 1. The van der Waals surface area contributed by atoms with Crippen LogP contribution in [0.25, 0.3) is 0 Å². The molecule has 0 aliphatic rings. The summed E-state index contributed by atoms with van der Waals surface area (Å²) in [6, 6.07) is 17.0. The van der Waals surface area contributed by atoms with Gasteiger partial charge in [0.2, 0.25) is 0 Å². The molecule has 13 heteroatoms. The molecule has 0 fully saturated rings. The fourth-order valence-corrected chi connectivity index (χ4v) is 3.65. The summed E-state index contributed by atoms with van der Waals surface area (Å²) >= 11 is 13.7. The Morgan fingerprint density at radius 1 is 0.780 bits per heavy atom. The van der Waals surface area contributed by atoms with Crippen molar-refractivity contribution < 1.29 is 75.8 Å². The number of halogens is 3. The molecular weight excluding hydrogens is 709 g/mol. The Morgan fingerprint density at radius 3 is 1.59 bits per heavy atom. The fourth-order valence-electron chi connectivity index (χ4n) is 2.39. The Balaban J connectivity index is 0.000000570. The summed E-state index contributed by atoms with van der Waals surface area (Å²) in [5.74, 6) is 2.46. The van der Waals surface area contributed by atoms with Crippen LogP contribution in [-0.2, 0) is 0 Å². The summed E-state index contributed by atoms with van der Waals surface area (Å²) in [5, 5.41) is 19.5. The van der Waals surface area contributed by atoms with Crippen molar-refractivity contribution in [2.24, 2.45) is 0 Å². The Hall–Kier alpha value is -1.55. The van der Waals surface area contributed by atoms with Gasteiger partial charge >= 0.3 is 51.4 Å². The van der Waals surface area contributed by atoms with E-state index in [1.165, 1.54) is 7.11 Å². The van der Waals surface area contributed by atoms with E-state index in [9.17, 15) is 5.11 Å². The molecule has 216 valence electrons. The van der Waals surface area contributed by atoms with E-state index in [4.69, 9.17) is 54.0 Å². The van der Waals surface area contributed by atoms with Crippen molar-refractivity contribution in [1.82, 2.24) is 9.97 Å². The predicted octanol–water partition coefficient (Wildman–Crippen LogP) is 3.59. The van der Waals surface area contributed by atoms with Crippen molar-refractivity contribution in [2.75, 3.05) is 25.7 Å². The van der Waals surface area contributed by atoms with Crippen LogP contribution in [0, 0.1) is 3.57 Å². The standard InChI is InChI=1S/C12H11ClN2O2.C6H5ClINO.C6H7NO.C4H9O.K/c1-16-11-10(6-7-15-12(11)13)17-9-4-2-8(14)3-5-9;1-10-5-4(8)2-3-9-6(5)7;7-5-1-3-6(8)4-2-5;1-4(2,3)5;/h2-7H,14H2,1H3;2-3H,1H3;1-4,8H,7H2;1-3H3;/q;;;-1;+1. The minimum atomic E-state index is -0.750. The number of benzene rings is 2. The Kier molecular flexibility index (Phi) is 19.6. The van der Waals surface area contributed by atoms with Crippen molar-refractivity contribution in [2.45, 2.75) is 26.4 Å². The Labute approximate surface area is 307 Å². The first kappa shape index (κ1) is 39.4. The summed E-state index contributed by atoms with van der Waals surface area (Å²) < 4.78 is 16.7. The minimum Gasteiger partial charge on any atom is -0.850 e. The number of hydrogen-bond acceptors (Lipinski definition) is 9. The van der Waals surface area contributed by atoms with Crippen molar-refractivity contribution in [3.05, 3.63) is 86.9 Å². The van der Waals surface area contributed by atoms with E-state index < -0.39 is 5.60 Å². The molecule has 0 atom stereocenters. The smallest absolute Gasteiger partial charge is 0.850 e. The number of aromatic hydroxyl groups is 1. The summed E-state index contributed by atoms with van der Waals surface area (Å²) in [6.45, 7) is 4.90. The largest absolute Gasteiger partial charge is 1.00 e. The van der Waals surface area contributed by atoms with E-state index in [-0.39, 0.29) is 62.3 Å². The van der Waals surface area contributed by atoms with Crippen LogP contribution < -0.4 is 82.2 Å². The fraction of sp³-hybridized carbons (Fsp3) is 0.214. The van der Waals surface area contributed by atoms with E-state index in [2.05, 4.69) is 32.6 Å². The van der Waals surface area contributed by atoms with Crippen LogP contribution in [0.2, 0.25) is 10.3 Å². The second kappa shape index (κ2) is 20.4. The van der Waals surface area contributed by atoms with E-state index in [1.807, 2.05) is 6.07 Å². The third-order valence-corrected chi connectivity index (χ3v) is 5.44. The first-order valence-corrected chi connectivity index (χ1v) is 13.4. The van der Waals surface area contributed by atoms with Crippen LogP contribution in [0.5, 0.6) is 28.7 Å². The zero-order valence-electron chi connectivity index (χ0n) is 23.7. The molecule has 0 saturated heterocycles. The van der Waals surface area contributed by atoms with Crippen LogP contribution in [0.3, 0.4) is 0 Å². The van der Waals surface area contributed by atoms with Crippen molar-refractivity contribution in [1.29, 1.82) is 0 Å². The second-order valence-electron chi connectivity index (χ2n) is 8.62. The van der Waals surface area contributed by atoms with Crippen LogP contribution in [-0.4, -0.2) is 34.9 Å². The number of methoxy groups -OCH3 is 2. The summed E-state index contributed by atoms with van der Waals surface area (Å²) in [5.41, 5.74) is 11.5. The third kappa shape index (κ3) is 17.2. The van der Waals surface area contributed by atoms with Gasteiger partial charge in [-0.1, -0.05) is 44.0 Å². The molecule has 4 rings (SSSR count). The van der Waals surface area contributed by atoms with E-state index in [0.29, 0.717) is 39.5 Å². The molecule has 2 aromatic heterocycles. The summed E-state index contributed by atoms with van der Waals surface area (Å²) in [4.78, 5) is 7.75. The van der Waals surface area contributed by atoms with Crippen LogP contribution in [0.1, 0.15) is 20.8 Å². The molecule has 0 radical (unpaired) electrons. The Bertz CT molecular complexity index is 1270. The molecule has 41 heavy (non-hydrogen) atoms. The van der Waals surface area contributed by atoms with E-state index in [0.717, 1.165) is 3.57 Å². The number of nitrogens with zero attached hydrogens (tertiary/aromatic N) is 2. The first-order chi connectivity index (χ1) is 18.7. The van der Waals surface area contributed by atoms with Gasteiger partial charge in [0.1, 0.15) is 11.5 Å². The van der Waals surface area contributed by atoms with Gasteiger partial charge in [0.15, 0.2) is 27.6 Å². The van der Waals surface area contributed by atoms with Gasteiger partial charge in [0, 0.05) is 29.8 Å². The summed E-state index contributed by atoms with van der Waals surface area (Å²) in [6.07, 6.45) is 3.20. The first-order valence-electron chi connectivity index (χ1n) is 11.6. The van der Waals surface area contributed by atoms with E-state index >= 15 is 0 Å². The molecule has 0 aliphatic heterocycles. The summed E-state index contributed by atoms with van der Waals surface area (Å²) in [7, 11) is 3.09. The predicted molar refractivity (Wildman–Crippen MR) is 168 cm³/mol. The number of phenols is 1. The topological polar surface area (TPSA) is 149 Å². The number of nitrogens with two attached hydrogens (primary N) is 2. The zero-order valence-corrected chi connectivity index (χ0v) is 30.5. The quantitative estimate of drug-likeness (QED) is 0.0939. The normalized spacial score (nSPS) is 9.68. The molecule has 2 heterocycles. The van der Waals surface area contributed by atoms with Crippen LogP contribution in [0.15, 0.2) is 73.1 Å². The van der Waals surface area contributed by atoms with Gasteiger partial charge < -0.3 is 35.9 Å². The molecule has 9 nitrogen and oxygen atoms in total. The number of hydrogen-bond donors (Lipinski definition) is 3. The third-order valence-electron chi connectivity index (χ3n) is 4.05. The van der Waals surface area contributed by atoms with Gasteiger partial charge in [-0.2, -0.15) is 0 Å². The Morgan fingerprint density at radius 2 is 1.20 bits per heavy atom. The number of aromatic nitrogens is 2. The van der Waals surface area contributed by atoms with Gasteiger partial charge in [-0.3, -0.25) is 0 Å². The maximum atomic E-state index is 10.1. The molecule has 0 aliphatic carbocycles. The maximum absolute atomic E-state index is 10.1. The minimum absolute atomic E-state index is 0. The maximum Gasteiger partial charge on any atom is 1.00 e.